The number of rotatable bonds is 7. The Morgan fingerprint density at radius 2 is 1.88 bits per heavy atom. The van der Waals surface area contributed by atoms with Crippen LogP contribution in [0.3, 0.4) is 0 Å². The van der Waals surface area contributed by atoms with Crippen LogP contribution in [0.2, 0.25) is 5.02 Å². The van der Waals surface area contributed by atoms with E-state index < -0.39 is 11.4 Å². The summed E-state index contributed by atoms with van der Waals surface area (Å²) in [6.45, 7) is 1.90. The van der Waals surface area contributed by atoms with Crippen LogP contribution in [0.15, 0.2) is 66.7 Å². The van der Waals surface area contributed by atoms with Gasteiger partial charge < -0.3 is 16.2 Å². The maximum Gasteiger partial charge on any atom is 0.303 e. The van der Waals surface area contributed by atoms with Gasteiger partial charge in [-0.3, -0.25) is 14.3 Å². The van der Waals surface area contributed by atoms with Crippen LogP contribution in [0, 0.1) is 5.82 Å². The van der Waals surface area contributed by atoms with Crippen LogP contribution in [-0.4, -0.2) is 36.7 Å². The molecule has 4 N–H and O–H groups in total. The Bertz CT molecular complexity index is 1860. The van der Waals surface area contributed by atoms with Crippen LogP contribution in [0.1, 0.15) is 35.6 Å². The van der Waals surface area contributed by atoms with Crippen LogP contribution in [0.25, 0.3) is 22.4 Å². The van der Waals surface area contributed by atoms with E-state index >= 15 is 0 Å². The Kier molecular flexibility index (Phi) is 6.42. The number of carboxylic acids is 1. The maximum atomic E-state index is 14.5. The normalized spacial score (nSPS) is 16.1. The number of hydrogen-bond donors (Lipinski definition) is 3. The zero-order valence-corrected chi connectivity index (χ0v) is 22.6. The van der Waals surface area contributed by atoms with Crippen molar-refractivity contribution in [2.24, 2.45) is 0 Å². The third-order valence-electron chi connectivity index (χ3n) is 7.49. The first-order valence-corrected chi connectivity index (χ1v) is 13.2. The van der Waals surface area contributed by atoms with Crippen LogP contribution >= 0.6 is 11.6 Å². The second kappa shape index (κ2) is 9.97. The minimum atomic E-state index is -1.16. The summed E-state index contributed by atoms with van der Waals surface area (Å²) in [5.41, 5.74) is 8.82. The molecule has 0 saturated carbocycles. The number of nitrogen functional groups attached to an aromatic ring is 1. The molecule has 0 spiro atoms. The second-order valence-electron chi connectivity index (χ2n) is 10.1. The van der Waals surface area contributed by atoms with Crippen molar-refractivity contribution >= 4 is 46.0 Å². The van der Waals surface area contributed by atoms with Crippen molar-refractivity contribution in [1.82, 2.24) is 19.7 Å². The van der Waals surface area contributed by atoms with Gasteiger partial charge in [0.05, 0.1) is 17.6 Å². The van der Waals surface area contributed by atoms with E-state index in [2.05, 4.69) is 15.3 Å². The fourth-order valence-electron chi connectivity index (χ4n) is 5.27. The third kappa shape index (κ3) is 4.55. The first kappa shape index (κ1) is 26.4. The van der Waals surface area contributed by atoms with Gasteiger partial charge in [0, 0.05) is 22.4 Å². The van der Waals surface area contributed by atoms with Crippen molar-refractivity contribution in [1.29, 1.82) is 0 Å². The molecule has 6 rings (SSSR count). The minimum absolute atomic E-state index is 0.0143. The van der Waals surface area contributed by atoms with Gasteiger partial charge in [-0.2, -0.15) is 5.10 Å². The number of aromatic nitrogens is 4. The number of carbonyl (C=O) groups excluding carboxylic acids is 1. The molecule has 3 aromatic carbocycles. The van der Waals surface area contributed by atoms with Crippen molar-refractivity contribution in [3.05, 3.63) is 99.8 Å². The lowest BCUT2D eigenvalue weighted by molar-refractivity contribution is -0.137. The summed E-state index contributed by atoms with van der Waals surface area (Å²) in [5, 5.41) is 17.7. The molecule has 9 nitrogen and oxygen atoms in total. The fourth-order valence-corrected chi connectivity index (χ4v) is 5.43. The highest BCUT2D eigenvalue weighted by atomic mass is 35.5. The molecule has 41 heavy (non-hydrogen) atoms. The number of carbonyl (C=O) groups is 2. The average Bonchev–Trinajstić information content (AvgIpc) is 3.43. The Morgan fingerprint density at radius 3 is 2.61 bits per heavy atom. The van der Waals surface area contributed by atoms with E-state index in [0.717, 1.165) is 5.56 Å². The average molecular weight is 571 g/mol. The zero-order chi connectivity index (χ0) is 28.9. The number of anilines is 2. The van der Waals surface area contributed by atoms with Crippen molar-refractivity contribution in [3.8, 4) is 11.5 Å². The van der Waals surface area contributed by atoms with E-state index in [-0.39, 0.29) is 42.2 Å². The Labute approximate surface area is 238 Å². The molecule has 2 aromatic heterocycles. The van der Waals surface area contributed by atoms with Crippen molar-refractivity contribution in [3.63, 3.8) is 0 Å². The van der Waals surface area contributed by atoms with E-state index in [1.807, 2.05) is 0 Å². The second-order valence-corrected chi connectivity index (χ2v) is 10.5. The third-order valence-corrected chi connectivity index (χ3v) is 7.72. The molecule has 3 heterocycles. The Balaban J connectivity index is 1.41. The summed E-state index contributed by atoms with van der Waals surface area (Å²) in [6, 6.07) is 18.9. The van der Waals surface area contributed by atoms with Crippen molar-refractivity contribution in [2.75, 3.05) is 11.1 Å². The van der Waals surface area contributed by atoms with Gasteiger partial charge in [-0.25, -0.2) is 14.4 Å². The number of amides is 1. The molecule has 1 amide bonds. The molecule has 206 valence electrons. The van der Waals surface area contributed by atoms with E-state index in [1.165, 1.54) is 6.07 Å². The number of nitrogens with two attached hydrogens (primary N) is 1. The van der Waals surface area contributed by atoms with Gasteiger partial charge in [0.2, 0.25) is 5.91 Å². The highest BCUT2D eigenvalue weighted by Crippen LogP contribution is 2.45. The van der Waals surface area contributed by atoms with Crippen LogP contribution < -0.4 is 11.1 Å². The molecule has 0 fully saturated rings. The number of aryl methyl sites for hydroxylation is 1. The fraction of sp³-hybridized carbons (Fsp3) is 0.167. The van der Waals surface area contributed by atoms with Gasteiger partial charge in [-0.1, -0.05) is 54.1 Å². The number of fused-ring (bicyclic) bond motifs is 2. The summed E-state index contributed by atoms with van der Waals surface area (Å²) in [5.74, 6) is -0.944. The molecule has 1 aliphatic heterocycles. The van der Waals surface area contributed by atoms with Crippen LogP contribution in [-0.2, 0) is 28.0 Å². The van der Waals surface area contributed by atoms with Gasteiger partial charge >= 0.3 is 5.97 Å². The molecule has 1 aliphatic rings. The molecule has 0 saturated heterocycles. The smallest absolute Gasteiger partial charge is 0.303 e. The molecule has 0 bridgehead atoms. The summed E-state index contributed by atoms with van der Waals surface area (Å²) in [7, 11) is 0. The first-order valence-electron chi connectivity index (χ1n) is 12.9. The van der Waals surface area contributed by atoms with E-state index in [1.54, 1.807) is 72.3 Å². The lowest BCUT2D eigenvalue weighted by Crippen LogP contribution is -2.33. The predicted molar refractivity (Wildman–Crippen MR) is 153 cm³/mol. The highest BCUT2D eigenvalue weighted by Gasteiger charge is 2.47. The molecular formula is C30H24ClFN6O3. The van der Waals surface area contributed by atoms with E-state index in [4.69, 9.17) is 27.5 Å². The zero-order valence-electron chi connectivity index (χ0n) is 21.9. The standard InChI is InChI=1S/C30H24ClFN6O3/c1-30(18-9-6-16(7-10-18)8-13-23(39)40)24-26(33)34-28(35-27(24)36-29(30)41)25-20-12-11-19(31)14-22(20)38(37-25)15-17-4-2-3-5-21(17)32/h2-7,9-12,14H,8,13,15H2,1H3,(H,39,40)(H3,33,34,35,36,41)/t30-/m0/s1. The number of nitrogens with zero attached hydrogens (tertiary/aromatic N) is 4. The number of benzene rings is 3. The van der Waals surface area contributed by atoms with Crippen molar-refractivity contribution < 1.29 is 19.1 Å². The highest BCUT2D eigenvalue weighted by molar-refractivity contribution is 6.31. The largest absolute Gasteiger partial charge is 0.481 e. The van der Waals surface area contributed by atoms with Crippen LogP contribution in [0.5, 0.6) is 0 Å². The van der Waals surface area contributed by atoms with Gasteiger partial charge in [0.15, 0.2) is 5.82 Å². The predicted octanol–water partition coefficient (Wildman–Crippen LogP) is 5.19. The van der Waals surface area contributed by atoms with Gasteiger partial charge in [0.25, 0.3) is 0 Å². The van der Waals surface area contributed by atoms with Gasteiger partial charge in [-0.15, -0.1) is 0 Å². The van der Waals surface area contributed by atoms with E-state index in [9.17, 15) is 14.0 Å². The Morgan fingerprint density at radius 1 is 1.12 bits per heavy atom. The molecule has 0 radical (unpaired) electrons. The molecular weight excluding hydrogens is 547 g/mol. The molecule has 11 heteroatoms. The monoisotopic (exact) mass is 570 g/mol. The summed E-state index contributed by atoms with van der Waals surface area (Å²) >= 11 is 6.29. The first-order chi connectivity index (χ1) is 19.6. The summed E-state index contributed by atoms with van der Waals surface area (Å²) < 4.78 is 16.1. The number of aliphatic carboxylic acids is 1. The number of carboxylic acid groups (broad SMARTS) is 1. The Hall–Kier alpha value is -4.83. The number of hydrogen-bond acceptors (Lipinski definition) is 6. The van der Waals surface area contributed by atoms with Gasteiger partial charge in [0.1, 0.15) is 28.6 Å². The quantitative estimate of drug-likeness (QED) is 0.245. The summed E-state index contributed by atoms with van der Waals surface area (Å²) in [4.78, 5) is 33.5. The van der Waals surface area contributed by atoms with Crippen molar-refractivity contribution in [2.45, 2.75) is 31.7 Å². The number of nitrogens with one attached hydrogen (secondary N) is 1. The molecule has 0 unspecified atom stereocenters. The van der Waals surface area contributed by atoms with Gasteiger partial charge in [-0.05, 0) is 48.7 Å². The minimum Gasteiger partial charge on any atom is -0.481 e. The topological polar surface area (TPSA) is 136 Å². The maximum absolute atomic E-state index is 14.5. The van der Waals surface area contributed by atoms with E-state index in [0.29, 0.717) is 44.7 Å². The molecule has 0 aliphatic carbocycles. The lowest BCUT2D eigenvalue weighted by Gasteiger charge is -2.23. The van der Waals surface area contributed by atoms with Crippen LogP contribution in [0.4, 0.5) is 16.0 Å². The molecule has 5 aromatic rings. The lowest BCUT2D eigenvalue weighted by atomic mass is 9.77. The SMILES string of the molecule is C[C@@]1(c2ccc(CCC(=O)O)cc2)C(=O)Nc2nc(-c3nn(Cc4ccccc4F)c4cc(Cl)ccc34)nc(N)c21. The summed E-state index contributed by atoms with van der Waals surface area (Å²) in [6.07, 6.45) is 0.396. The molecule has 1 atom stereocenters. The number of halogens is 2.